The normalized spacial score (nSPS) is 16.8. The lowest BCUT2D eigenvalue weighted by Crippen LogP contribution is -2.37. The fraction of sp³-hybridized carbons (Fsp3) is 0.348. The largest absolute Gasteiger partial charge is 0.348 e. The molecule has 0 atom stereocenters. The Morgan fingerprint density at radius 2 is 1.76 bits per heavy atom. The van der Waals surface area contributed by atoms with Crippen LogP contribution in [0.1, 0.15) is 57.9 Å². The molecule has 1 saturated carbocycles. The van der Waals surface area contributed by atoms with Crippen LogP contribution in [0.15, 0.2) is 48.7 Å². The molecule has 3 aromatic rings. The fourth-order valence-electron chi connectivity index (χ4n) is 4.49. The van der Waals surface area contributed by atoms with Crippen molar-refractivity contribution >= 4 is 17.3 Å². The molecule has 0 saturated heterocycles. The summed E-state index contributed by atoms with van der Waals surface area (Å²) in [5, 5.41) is 3.09. The van der Waals surface area contributed by atoms with Gasteiger partial charge >= 0.3 is 0 Å². The number of carbonyl (C=O) groups excluding carboxylic acids is 2. The fourth-order valence-corrected chi connectivity index (χ4v) is 4.49. The number of nitrogens with one attached hydrogen (secondary N) is 1. The summed E-state index contributed by atoms with van der Waals surface area (Å²) in [6.07, 6.45) is 6.96. The van der Waals surface area contributed by atoms with Crippen LogP contribution < -0.4 is 5.32 Å². The third-order valence-electron chi connectivity index (χ3n) is 6.06. The van der Waals surface area contributed by atoms with E-state index >= 15 is 0 Å². The first-order valence-corrected chi connectivity index (χ1v) is 10.3. The summed E-state index contributed by atoms with van der Waals surface area (Å²) < 4.78 is 1.74. The van der Waals surface area contributed by atoms with Gasteiger partial charge in [-0.05, 0) is 42.5 Å². The molecule has 0 spiro atoms. The van der Waals surface area contributed by atoms with E-state index in [1.54, 1.807) is 10.6 Å². The first-order valence-electron chi connectivity index (χ1n) is 10.3. The predicted octanol–water partition coefficient (Wildman–Crippen LogP) is 3.21. The second kappa shape index (κ2) is 7.35. The zero-order valence-electron chi connectivity index (χ0n) is 16.3. The Morgan fingerprint density at radius 3 is 2.59 bits per heavy atom. The van der Waals surface area contributed by atoms with Crippen LogP contribution in [0.5, 0.6) is 0 Å². The van der Waals surface area contributed by atoms with Gasteiger partial charge in [0, 0.05) is 25.3 Å². The number of benzene rings is 1. The Kier molecular flexibility index (Phi) is 4.54. The van der Waals surface area contributed by atoms with Gasteiger partial charge in [-0.25, -0.2) is 4.98 Å². The van der Waals surface area contributed by atoms with Gasteiger partial charge in [0.25, 0.3) is 11.8 Å². The highest BCUT2D eigenvalue weighted by atomic mass is 16.2. The quantitative estimate of drug-likeness (QED) is 0.749. The van der Waals surface area contributed by atoms with E-state index in [-0.39, 0.29) is 17.9 Å². The summed E-state index contributed by atoms with van der Waals surface area (Å²) in [7, 11) is 0. The summed E-state index contributed by atoms with van der Waals surface area (Å²) in [4.78, 5) is 32.5. The highest BCUT2D eigenvalue weighted by molar-refractivity contribution is 6.02. The average molecular weight is 388 g/mol. The Morgan fingerprint density at radius 1 is 1.00 bits per heavy atom. The molecule has 5 rings (SSSR count). The van der Waals surface area contributed by atoms with Crippen molar-refractivity contribution in [3.05, 3.63) is 71.3 Å². The summed E-state index contributed by atoms with van der Waals surface area (Å²) >= 11 is 0. The van der Waals surface area contributed by atoms with Gasteiger partial charge < -0.3 is 10.2 Å². The van der Waals surface area contributed by atoms with Crippen molar-refractivity contribution in [2.24, 2.45) is 0 Å². The number of aromatic nitrogens is 2. The van der Waals surface area contributed by atoms with Crippen LogP contribution in [0.3, 0.4) is 0 Å². The molecule has 29 heavy (non-hydrogen) atoms. The van der Waals surface area contributed by atoms with Crippen molar-refractivity contribution in [2.75, 3.05) is 6.54 Å². The molecule has 1 aliphatic heterocycles. The number of nitrogens with zero attached hydrogens (tertiary/aromatic N) is 3. The van der Waals surface area contributed by atoms with Crippen molar-refractivity contribution in [1.82, 2.24) is 19.6 Å². The van der Waals surface area contributed by atoms with E-state index in [4.69, 9.17) is 0 Å². The number of carbonyl (C=O) groups is 2. The topological polar surface area (TPSA) is 66.7 Å². The first-order chi connectivity index (χ1) is 14.2. The van der Waals surface area contributed by atoms with Gasteiger partial charge in [0.05, 0.1) is 5.52 Å². The number of fused-ring (bicyclic) bond motifs is 2. The maximum Gasteiger partial charge on any atom is 0.290 e. The molecule has 0 bridgehead atoms. The smallest absolute Gasteiger partial charge is 0.290 e. The molecule has 2 aliphatic rings. The van der Waals surface area contributed by atoms with Gasteiger partial charge in [0.2, 0.25) is 5.82 Å². The maximum atomic E-state index is 13.3. The molecule has 3 heterocycles. The standard InChI is InChI=1S/C23H24N4O2/c28-22(24-18-9-3-4-10-18)20-19-11-5-6-13-27(19)21(25-20)23(29)26-14-12-16-7-1-2-8-17(16)15-26/h1-2,5-8,11,13,18H,3-4,9-10,12,14-15H2,(H,24,28). The van der Waals surface area contributed by atoms with Crippen LogP contribution in [-0.2, 0) is 13.0 Å². The second-order valence-corrected chi connectivity index (χ2v) is 7.94. The minimum Gasteiger partial charge on any atom is -0.348 e. The van der Waals surface area contributed by atoms with Crippen molar-refractivity contribution < 1.29 is 9.59 Å². The van der Waals surface area contributed by atoms with E-state index in [1.165, 1.54) is 11.1 Å². The van der Waals surface area contributed by atoms with E-state index in [0.29, 0.717) is 30.1 Å². The second-order valence-electron chi connectivity index (χ2n) is 7.94. The van der Waals surface area contributed by atoms with E-state index in [9.17, 15) is 9.59 Å². The lowest BCUT2D eigenvalue weighted by atomic mass is 10.00. The monoisotopic (exact) mass is 388 g/mol. The molecular weight excluding hydrogens is 364 g/mol. The molecule has 2 amide bonds. The SMILES string of the molecule is O=C(NC1CCCC1)c1nc(C(=O)N2CCc3ccccc3C2)n2ccccc12. The van der Waals surface area contributed by atoms with E-state index in [1.807, 2.05) is 35.2 Å². The average Bonchev–Trinajstić information content (AvgIpc) is 3.40. The third kappa shape index (κ3) is 3.28. The van der Waals surface area contributed by atoms with Gasteiger partial charge in [-0.1, -0.05) is 43.2 Å². The zero-order valence-corrected chi connectivity index (χ0v) is 16.3. The molecule has 6 nitrogen and oxygen atoms in total. The molecule has 0 unspecified atom stereocenters. The zero-order chi connectivity index (χ0) is 19.8. The van der Waals surface area contributed by atoms with Crippen molar-refractivity contribution in [2.45, 2.75) is 44.7 Å². The maximum absolute atomic E-state index is 13.3. The van der Waals surface area contributed by atoms with Crippen LogP contribution in [0.2, 0.25) is 0 Å². The number of amides is 2. The third-order valence-corrected chi connectivity index (χ3v) is 6.06. The molecule has 6 heteroatoms. The molecule has 1 aliphatic carbocycles. The van der Waals surface area contributed by atoms with Gasteiger partial charge in [-0.15, -0.1) is 0 Å². The Balaban J connectivity index is 1.46. The summed E-state index contributed by atoms with van der Waals surface area (Å²) in [6.45, 7) is 1.22. The summed E-state index contributed by atoms with van der Waals surface area (Å²) in [5.41, 5.74) is 3.47. The van der Waals surface area contributed by atoms with E-state index < -0.39 is 0 Å². The van der Waals surface area contributed by atoms with Gasteiger partial charge in [-0.2, -0.15) is 0 Å². The van der Waals surface area contributed by atoms with Crippen molar-refractivity contribution in [1.29, 1.82) is 0 Å². The van der Waals surface area contributed by atoms with Crippen LogP contribution in [0, 0.1) is 0 Å². The van der Waals surface area contributed by atoms with Crippen LogP contribution in [0.25, 0.3) is 5.52 Å². The van der Waals surface area contributed by atoms with Crippen molar-refractivity contribution in [3.63, 3.8) is 0 Å². The molecule has 2 aromatic heterocycles. The van der Waals surface area contributed by atoms with Crippen LogP contribution in [0.4, 0.5) is 0 Å². The molecule has 1 N–H and O–H groups in total. The summed E-state index contributed by atoms with van der Waals surface area (Å²) in [5.74, 6) is -0.0270. The van der Waals surface area contributed by atoms with Crippen molar-refractivity contribution in [3.8, 4) is 0 Å². The molecule has 1 aromatic carbocycles. The number of hydrogen-bond acceptors (Lipinski definition) is 3. The highest BCUT2D eigenvalue weighted by Gasteiger charge is 2.28. The van der Waals surface area contributed by atoms with Gasteiger partial charge in [-0.3, -0.25) is 14.0 Å². The lowest BCUT2D eigenvalue weighted by Gasteiger charge is -2.28. The lowest BCUT2D eigenvalue weighted by molar-refractivity contribution is 0.0721. The van der Waals surface area contributed by atoms with Gasteiger partial charge in [0.1, 0.15) is 0 Å². The molecular formula is C23H24N4O2. The minimum atomic E-state index is -0.191. The number of rotatable bonds is 3. The summed E-state index contributed by atoms with van der Waals surface area (Å²) in [6, 6.07) is 14.0. The van der Waals surface area contributed by atoms with E-state index in [2.05, 4.69) is 22.4 Å². The highest BCUT2D eigenvalue weighted by Crippen LogP contribution is 2.22. The molecule has 0 radical (unpaired) electrons. The molecule has 1 fully saturated rings. The molecule has 148 valence electrons. The minimum absolute atomic E-state index is 0.138. The number of pyridine rings is 1. The predicted molar refractivity (Wildman–Crippen MR) is 110 cm³/mol. The Labute approximate surface area is 169 Å². The van der Waals surface area contributed by atoms with Crippen LogP contribution >= 0.6 is 0 Å². The van der Waals surface area contributed by atoms with Crippen LogP contribution in [-0.4, -0.2) is 38.7 Å². The number of hydrogen-bond donors (Lipinski definition) is 1. The van der Waals surface area contributed by atoms with E-state index in [0.717, 1.165) is 32.1 Å². The van der Waals surface area contributed by atoms with Gasteiger partial charge in [0.15, 0.2) is 5.69 Å². The number of imidazole rings is 1. The Hall–Kier alpha value is -3.15. The first kappa shape index (κ1) is 17.9. The Bertz CT molecular complexity index is 1080.